The number of rotatable bonds is 2. The van der Waals surface area contributed by atoms with E-state index in [2.05, 4.69) is 20.5 Å². The number of nitrogens with zero attached hydrogens (tertiary/aromatic N) is 3. The maximum Gasteiger partial charge on any atom is 0.416 e. The molecule has 7 nitrogen and oxygen atoms in total. The first-order valence-electron chi connectivity index (χ1n) is 8.61. The van der Waals surface area contributed by atoms with E-state index in [1.54, 1.807) is 19.9 Å². The normalized spacial score (nSPS) is 22.4. The van der Waals surface area contributed by atoms with Gasteiger partial charge in [-0.25, -0.2) is 15.4 Å². The first kappa shape index (κ1) is 21.6. The molecule has 2 aromatic rings. The molecule has 1 aliphatic heterocycles. The minimum Gasteiger partial charge on any atom is -0.493 e. The van der Waals surface area contributed by atoms with Crippen molar-refractivity contribution >= 4 is 22.8 Å². The van der Waals surface area contributed by atoms with Crippen LogP contribution in [0.5, 0.6) is 11.6 Å². The number of halogens is 4. The Morgan fingerprint density at radius 1 is 1.20 bits per heavy atom. The number of benzene rings is 1. The molecule has 0 amide bonds. The molecule has 1 aromatic heterocycles. The number of nitrogens with one attached hydrogen (secondary N) is 1. The van der Waals surface area contributed by atoms with E-state index in [1.165, 1.54) is 18.3 Å². The van der Waals surface area contributed by atoms with Crippen LogP contribution in [-0.2, 0) is 6.18 Å². The van der Waals surface area contributed by atoms with E-state index >= 15 is 0 Å². The maximum absolute atomic E-state index is 13.3. The van der Waals surface area contributed by atoms with E-state index in [0.29, 0.717) is 11.1 Å². The van der Waals surface area contributed by atoms with Crippen LogP contribution in [-0.4, -0.2) is 27.4 Å². The second kappa shape index (κ2) is 8.33. The monoisotopic (exact) mass is 439 g/mol. The number of alkyl halides is 3. The number of aliphatic imine (C=N–C) groups is 1. The Morgan fingerprint density at radius 3 is 2.63 bits per heavy atom. The van der Waals surface area contributed by atoms with Crippen molar-refractivity contribution in [2.24, 2.45) is 15.8 Å². The smallest absolute Gasteiger partial charge is 0.416 e. The van der Waals surface area contributed by atoms with Crippen molar-refractivity contribution in [1.82, 2.24) is 10.4 Å². The van der Waals surface area contributed by atoms with Crippen LogP contribution in [0.3, 0.4) is 0 Å². The van der Waals surface area contributed by atoms with Crippen LogP contribution < -0.4 is 15.9 Å². The third-order valence-electron chi connectivity index (χ3n) is 4.08. The number of hydrogen-bond acceptors (Lipinski definition) is 7. The van der Waals surface area contributed by atoms with E-state index in [0.717, 1.165) is 12.1 Å². The van der Waals surface area contributed by atoms with Gasteiger partial charge in [-0.3, -0.25) is 0 Å². The average Bonchev–Trinajstić information content (AvgIpc) is 2.65. The maximum atomic E-state index is 13.3. The molecule has 11 heteroatoms. The summed E-state index contributed by atoms with van der Waals surface area (Å²) in [5.41, 5.74) is 8.78. The highest BCUT2D eigenvalue weighted by Gasteiger charge is 2.32. The van der Waals surface area contributed by atoms with E-state index in [-0.39, 0.29) is 33.9 Å². The molecule has 1 unspecified atom stereocenters. The quantitative estimate of drug-likeness (QED) is 0.615. The Bertz CT molecular complexity index is 1070. The fourth-order valence-electron chi connectivity index (χ4n) is 2.68. The number of aryl methyl sites for hydroxylation is 1. The number of aromatic nitrogens is 1. The zero-order valence-corrected chi connectivity index (χ0v) is 16.6. The van der Waals surface area contributed by atoms with Crippen molar-refractivity contribution in [3.8, 4) is 22.8 Å². The highest BCUT2D eigenvalue weighted by molar-refractivity contribution is 6.64. The van der Waals surface area contributed by atoms with Crippen LogP contribution in [0.2, 0.25) is 0 Å². The van der Waals surface area contributed by atoms with Gasteiger partial charge in [-0.2, -0.15) is 13.2 Å². The summed E-state index contributed by atoms with van der Waals surface area (Å²) in [6.45, 7) is 3.34. The standard InChI is InChI=1S/C19H17ClF3N5O2/c1-9-5-13(16(29)25-8-9)12-4-3-11(19(21,22)23)7-14(12)30-17-10(2)6-15(24)26-18(20)28-27-17/h3-8,15H,24H2,1-2H3,(H,25,29)(H,26,28)/b10-6-,27-17+. The van der Waals surface area contributed by atoms with Gasteiger partial charge < -0.3 is 15.6 Å². The van der Waals surface area contributed by atoms with E-state index < -0.39 is 17.9 Å². The minimum atomic E-state index is -4.60. The van der Waals surface area contributed by atoms with Gasteiger partial charge in [0.2, 0.25) is 17.1 Å². The lowest BCUT2D eigenvalue weighted by Gasteiger charge is -2.18. The molecule has 0 aliphatic carbocycles. The fraction of sp³-hybridized carbons (Fsp3) is 0.211. The summed E-state index contributed by atoms with van der Waals surface area (Å²) < 4.78 is 45.6. The predicted octanol–water partition coefficient (Wildman–Crippen LogP) is 3.90. The molecule has 0 fully saturated rings. The van der Waals surface area contributed by atoms with Gasteiger partial charge in [-0.15, -0.1) is 5.10 Å². The largest absolute Gasteiger partial charge is 0.493 e. The van der Waals surface area contributed by atoms with Crippen LogP contribution >= 0.6 is 11.6 Å². The molecular formula is C19H17ClF3N5O2. The number of hydrazone groups is 1. The summed E-state index contributed by atoms with van der Waals surface area (Å²) in [7, 11) is 0. The van der Waals surface area contributed by atoms with Crippen molar-refractivity contribution < 1.29 is 23.0 Å². The number of aromatic hydroxyl groups is 1. The minimum absolute atomic E-state index is 0.0702. The van der Waals surface area contributed by atoms with E-state index in [9.17, 15) is 18.3 Å². The third kappa shape index (κ3) is 4.89. The van der Waals surface area contributed by atoms with Gasteiger partial charge in [-0.05, 0) is 61.4 Å². The zero-order chi connectivity index (χ0) is 22.1. The summed E-state index contributed by atoms with van der Waals surface area (Å²) in [6.07, 6.45) is -2.48. The Hall–Kier alpha value is -3.11. The number of amidine groups is 1. The van der Waals surface area contributed by atoms with Gasteiger partial charge in [0.15, 0.2) is 0 Å². The van der Waals surface area contributed by atoms with E-state index in [1.807, 2.05) is 0 Å². The molecule has 0 spiro atoms. The molecule has 0 saturated carbocycles. The van der Waals surface area contributed by atoms with Crippen molar-refractivity contribution in [3.63, 3.8) is 0 Å². The van der Waals surface area contributed by atoms with Gasteiger partial charge in [0.25, 0.3) is 0 Å². The van der Waals surface area contributed by atoms with Crippen LogP contribution in [0.25, 0.3) is 11.1 Å². The lowest BCUT2D eigenvalue weighted by atomic mass is 10.0. The summed E-state index contributed by atoms with van der Waals surface area (Å²) in [5, 5.41) is 14.0. The first-order valence-corrected chi connectivity index (χ1v) is 8.99. The first-order chi connectivity index (χ1) is 14.0. The second-order valence-electron chi connectivity index (χ2n) is 6.48. The topological polar surface area (TPSA) is 105 Å². The SMILES string of the molecule is CC1=C/C(N)/N=C(/Cl)N/N=C\1Oc1cc(C(F)(F)F)ccc1-c1cc(C)cnc1O. The summed E-state index contributed by atoms with van der Waals surface area (Å²) >= 11 is 5.83. The highest BCUT2D eigenvalue weighted by Crippen LogP contribution is 2.40. The number of hydrogen-bond donors (Lipinski definition) is 3. The predicted molar refractivity (Wildman–Crippen MR) is 107 cm³/mol. The Kier molecular flexibility index (Phi) is 5.99. The zero-order valence-electron chi connectivity index (χ0n) is 15.8. The van der Waals surface area contributed by atoms with Crippen molar-refractivity contribution in [2.45, 2.75) is 26.2 Å². The molecular weight excluding hydrogens is 423 g/mol. The van der Waals surface area contributed by atoms with Crippen LogP contribution in [0.4, 0.5) is 13.2 Å². The van der Waals surface area contributed by atoms with Gasteiger partial charge >= 0.3 is 6.18 Å². The van der Waals surface area contributed by atoms with Crippen LogP contribution in [0, 0.1) is 6.92 Å². The van der Waals surface area contributed by atoms with Crippen molar-refractivity contribution in [2.75, 3.05) is 0 Å². The molecule has 0 bridgehead atoms. The summed E-state index contributed by atoms with van der Waals surface area (Å²) in [6, 6.07) is 4.49. The van der Waals surface area contributed by atoms with Crippen molar-refractivity contribution in [1.29, 1.82) is 0 Å². The average molecular weight is 440 g/mol. The molecule has 2 heterocycles. The Labute approximate surface area is 174 Å². The number of ether oxygens (including phenoxy) is 1. The molecule has 0 saturated heterocycles. The lowest BCUT2D eigenvalue weighted by molar-refractivity contribution is -0.137. The number of nitrogens with two attached hydrogens (primary N) is 1. The fourth-order valence-corrected chi connectivity index (χ4v) is 2.84. The van der Waals surface area contributed by atoms with Crippen LogP contribution in [0.15, 0.2) is 52.2 Å². The molecule has 30 heavy (non-hydrogen) atoms. The van der Waals surface area contributed by atoms with Crippen LogP contribution in [0.1, 0.15) is 18.1 Å². The van der Waals surface area contributed by atoms with Crippen molar-refractivity contribution in [3.05, 3.63) is 53.2 Å². The molecule has 4 N–H and O–H groups in total. The highest BCUT2D eigenvalue weighted by atomic mass is 35.5. The number of pyridine rings is 1. The van der Waals surface area contributed by atoms with Gasteiger partial charge in [-0.1, -0.05) is 0 Å². The Morgan fingerprint density at radius 2 is 1.93 bits per heavy atom. The molecule has 158 valence electrons. The molecule has 1 aliphatic rings. The third-order valence-corrected chi connectivity index (χ3v) is 4.26. The molecule has 1 aromatic carbocycles. The summed E-state index contributed by atoms with van der Waals surface area (Å²) in [4.78, 5) is 7.73. The second-order valence-corrected chi connectivity index (χ2v) is 6.84. The van der Waals surface area contributed by atoms with Gasteiger partial charge in [0.05, 0.1) is 5.56 Å². The summed E-state index contributed by atoms with van der Waals surface area (Å²) in [5.74, 6) is -0.616. The lowest BCUT2D eigenvalue weighted by Crippen LogP contribution is -2.27. The van der Waals surface area contributed by atoms with E-state index in [4.69, 9.17) is 22.1 Å². The molecule has 3 rings (SSSR count). The van der Waals surface area contributed by atoms with Gasteiger partial charge in [0.1, 0.15) is 11.9 Å². The Balaban J connectivity index is 2.14. The van der Waals surface area contributed by atoms with Gasteiger partial charge in [0, 0.05) is 22.9 Å². The molecule has 1 atom stereocenters. The molecule has 0 radical (unpaired) electrons.